The molecule has 5 heteroatoms. The van der Waals surface area contributed by atoms with Crippen molar-refractivity contribution in [2.75, 3.05) is 39.4 Å². The molecule has 0 spiro atoms. The molecular weight excluding hydrogens is 244 g/mol. The molecule has 0 atom stereocenters. The normalized spacial score (nSPS) is 22.7. The highest BCUT2D eigenvalue weighted by Gasteiger charge is 2.22. The zero-order valence-corrected chi connectivity index (χ0v) is 11.6. The lowest BCUT2D eigenvalue weighted by Crippen LogP contribution is -2.40. The van der Waals surface area contributed by atoms with Gasteiger partial charge in [0.2, 0.25) is 5.91 Å². The van der Waals surface area contributed by atoms with Crippen LogP contribution in [0.3, 0.4) is 0 Å². The molecule has 1 amide bonds. The molecule has 2 N–H and O–H groups in total. The molecule has 2 rings (SSSR count). The van der Waals surface area contributed by atoms with Gasteiger partial charge in [-0.05, 0) is 44.7 Å². The number of nitrogens with one attached hydrogen (secondary N) is 1. The maximum atomic E-state index is 12.0. The van der Waals surface area contributed by atoms with E-state index < -0.39 is 0 Å². The summed E-state index contributed by atoms with van der Waals surface area (Å²) in [6, 6.07) is 0. The van der Waals surface area contributed by atoms with Crippen LogP contribution in [0.4, 0.5) is 0 Å². The molecule has 0 aromatic heterocycles. The summed E-state index contributed by atoms with van der Waals surface area (Å²) in [7, 11) is 0. The van der Waals surface area contributed by atoms with Gasteiger partial charge in [0, 0.05) is 19.7 Å². The van der Waals surface area contributed by atoms with E-state index in [2.05, 4.69) is 5.32 Å². The van der Waals surface area contributed by atoms with Gasteiger partial charge < -0.3 is 20.1 Å². The van der Waals surface area contributed by atoms with E-state index in [1.807, 2.05) is 4.90 Å². The topological polar surface area (TPSA) is 61.8 Å². The Kier molecular flexibility index (Phi) is 6.07. The Morgan fingerprint density at radius 2 is 1.89 bits per heavy atom. The molecule has 5 nitrogen and oxygen atoms in total. The first-order chi connectivity index (χ1) is 9.29. The second-order valence-electron chi connectivity index (χ2n) is 5.58. The summed E-state index contributed by atoms with van der Waals surface area (Å²) in [6.07, 6.45) is 4.78. The van der Waals surface area contributed by atoms with E-state index in [1.54, 1.807) is 0 Å². The summed E-state index contributed by atoms with van der Waals surface area (Å²) in [6.45, 7) is 4.42. The highest BCUT2D eigenvalue weighted by atomic mass is 16.5. The summed E-state index contributed by atoms with van der Waals surface area (Å²) in [4.78, 5) is 13.9. The molecule has 0 aliphatic carbocycles. The zero-order chi connectivity index (χ0) is 13.5. The van der Waals surface area contributed by atoms with Crippen LogP contribution in [-0.4, -0.2) is 61.4 Å². The molecular formula is C14H26N2O3. The van der Waals surface area contributed by atoms with E-state index in [9.17, 15) is 4.79 Å². The van der Waals surface area contributed by atoms with Crippen molar-refractivity contribution >= 4 is 5.91 Å². The van der Waals surface area contributed by atoms with Crippen molar-refractivity contribution < 1.29 is 14.6 Å². The molecule has 2 saturated heterocycles. The third-order valence-electron chi connectivity index (χ3n) is 4.18. The smallest absolute Gasteiger partial charge is 0.224 e. The quantitative estimate of drug-likeness (QED) is 0.758. The lowest BCUT2D eigenvalue weighted by molar-refractivity contribution is -0.134. The number of amides is 1. The monoisotopic (exact) mass is 270 g/mol. The van der Waals surface area contributed by atoms with E-state index in [4.69, 9.17) is 9.84 Å². The van der Waals surface area contributed by atoms with Crippen LogP contribution in [0.2, 0.25) is 0 Å². The van der Waals surface area contributed by atoms with Crippen molar-refractivity contribution in [3.63, 3.8) is 0 Å². The van der Waals surface area contributed by atoms with E-state index in [-0.39, 0.29) is 12.5 Å². The molecule has 19 heavy (non-hydrogen) atoms. The van der Waals surface area contributed by atoms with Crippen LogP contribution >= 0.6 is 0 Å². The van der Waals surface area contributed by atoms with Crippen molar-refractivity contribution in [1.82, 2.24) is 10.2 Å². The van der Waals surface area contributed by atoms with E-state index >= 15 is 0 Å². The van der Waals surface area contributed by atoms with Gasteiger partial charge in [0.25, 0.3) is 0 Å². The Morgan fingerprint density at radius 3 is 2.53 bits per heavy atom. The first kappa shape index (κ1) is 14.8. The second kappa shape index (κ2) is 7.82. The lowest BCUT2D eigenvalue weighted by atomic mass is 9.98. The summed E-state index contributed by atoms with van der Waals surface area (Å²) < 4.78 is 5.76. The number of aliphatic hydroxyl groups excluding tert-OH is 1. The number of nitrogens with zero attached hydrogens (tertiary/aromatic N) is 1. The molecule has 0 radical (unpaired) electrons. The van der Waals surface area contributed by atoms with Crippen LogP contribution in [-0.2, 0) is 9.53 Å². The number of ether oxygens (including phenoxy) is 1. The predicted octanol–water partition coefficient (Wildman–Crippen LogP) is 0.376. The van der Waals surface area contributed by atoms with Crippen LogP contribution in [0.5, 0.6) is 0 Å². The Bertz CT molecular complexity index is 272. The van der Waals surface area contributed by atoms with E-state index in [1.165, 1.54) is 0 Å². The van der Waals surface area contributed by atoms with E-state index in [0.29, 0.717) is 25.0 Å². The summed E-state index contributed by atoms with van der Waals surface area (Å²) in [5, 5.41) is 12.4. The number of aliphatic hydroxyl groups is 1. The average Bonchev–Trinajstić information content (AvgIpc) is 2.48. The van der Waals surface area contributed by atoms with Crippen molar-refractivity contribution in [3.05, 3.63) is 0 Å². The van der Waals surface area contributed by atoms with Crippen molar-refractivity contribution in [2.24, 2.45) is 5.92 Å². The second-order valence-corrected chi connectivity index (χ2v) is 5.58. The minimum absolute atomic E-state index is 0.199. The molecule has 0 saturated carbocycles. The van der Waals surface area contributed by atoms with Crippen molar-refractivity contribution in [2.45, 2.75) is 38.2 Å². The third-order valence-corrected chi connectivity index (χ3v) is 4.18. The molecule has 2 aliphatic heterocycles. The fourth-order valence-electron chi connectivity index (χ4n) is 2.80. The number of piperidine rings is 2. The largest absolute Gasteiger partial charge is 0.396 e. The Balaban J connectivity index is 1.59. The number of likely N-dealkylation sites (tertiary alicyclic amines) is 1. The molecule has 0 bridgehead atoms. The molecule has 0 unspecified atom stereocenters. The van der Waals surface area contributed by atoms with Crippen LogP contribution in [0.15, 0.2) is 0 Å². The third kappa shape index (κ3) is 4.75. The van der Waals surface area contributed by atoms with Crippen LogP contribution in [0, 0.1) is 5.92 Å². The zero-order valence-electron chi connectivity index (χ0n) is 11.6. The SMILES string of the molecule is O=C(CCOC1CCNCC1)N1CCC(CO)CC1. The van der Waals surface area contributed by atoms with Gasteiger partial charge in [0.15, 0.2) is 0 Å². The van der Waals surface area contributed by atoms with Gasteiger partial charge in [-0.3, -0.25) is 4.79 Å². The van der Waals surface area contributed by atoms with Crippen molar-refractivity contribution in [3.8, 4) is 0 Å². The van der Waals surface area contributed by atoms with Crippen LogP contribution < -0.4 is 5.32 Å². The van der Waals surface area contributed by atoms with E-state index in [0.717, 1.165) is 51.9 Å². The fraction of sp³-hybridized carbons (Fsp3) is 0.929. The molecule has 2 fully saturated rings. The fourth-order valence-corrected chi connectivity index (χ4v) is 2.80. The van der Waals surface area contributed by atoms with Gasteiger partial charge in [-0.2, -0.15) is 0 Å². The highest BCUT2D eigenvalue weighted by molar-refractivity contribution is 5.76. The maximum absolute atomic E-state index is 12.0. The lowest BCUT2D eigenvalue weighted by Gasteiger charge is -2.31. The highest BCUT2D eigenvalue weighted by Crippen LogP contribution is 2.17. The Morgan fingerprint density at radius 1 is 1.21 bits per heavy atom. The van der Waals surface area contributed by atoms with Gasteiger partial charge in [0.1, 0.15) is 0 Å². The van der Waals surface area contributed by atoms with Crippen LogP contribution in [0.25, 0.3) is 0 Å². The molecule has 2 aliphatic rings. The average molecular weight is 270 g/mol. The molecule has 0 aromatic rings. The van der Waals surface area contributed by atoms with Gasteiger partial charge in [-0.15, -0.1) is 0 Å². The Labute approximate surface area is 115 Å². The van der Waals surface area contributed by atoms with Gasteiger partial charge in [0.05, 0.1) is 19.1 Å². The van der Waals surface area contributed by atoms with Crippen molar-refractivity contribution in [1.29, 1.82) is 0 Å². The molecule has 2 heterocycles. The standard InChI is InChI=1S/C14H26N2O3/c17-11-12-3-8-16(9-4-12)14(18)5-10-19-13-1-6-15-7-2-13/h12-13,15,17H,1-11H2. The predicted molar refractivity (Wildman–Crippen MR) is 72.9 cm³/mol. The summed E-state index contributed by atoms with van der Waals surface area (Å²) >= 11 is 0. The summed E-state index contributed by atoms with van der Waals surface area (Å²) in [5.41, 5.74) is 0. The minimum atomic E-state index is 0.199. The first-order valence-corrected chi connectivity index (χ1v) is 7.50. The van der Waals surface area contributed by atoms with Gasteiger partial charge in [-0.25, -0.2) is 0 Å². The van der Waals surface area contributed by atoms with Crippen LogP contribution in [0.1, 0.15) is 32.1 Å². The number of carbonyl (C=O) groups excluding carboxylic acids is 1. The number of hydrogen-bond donors (Lipinski definition) is 2. The van der Waals surface area contributed by atoms with Gasteiger partial charge >= 0.3 is 0 Å². The summed E-state index contributed by atoms with van der Waals surface area (Å²) in [5.74, 6) is 0.584. The minimum Gasteiger partial charge on any atom is -0.396 e. The first-order valence-electron chi connectivity index (χ1n) is 7.50. The molecule has 110 valence electrons. The Hall–Kier alpha value is -0.650. The number of hydrogen-bond acceptors (Lipinski definition) is 4. The maximum Gasteiger partial charge on any atom is 0.224 e. The van der Waals surface area contributed by atoms with Gasteiger partial charge in [-0.1, -0.05) is 0 Å². The number of rotatable bonds is 5. The molecule has 0 aromatic carbocycles. The number of carbonyl (C=O) groups is 1.